The summed E-state index contributed by atoms with van der Waals surface area (Å²) in [6, 6.07) is 27.0. The molecule has 1 aliphatic heterocycles. The fourth-order valence-electron chi connectivity index (χ4n) is 5.35. The molecule has 5 heteroatoms. The van der Waals surface area contributed by atoms with E-state index in [0.717, 1.165) is 53.1 Å². The van der Waals surface area contributed by atoms with Crippen LogP contribution in [0.25, 0.3) is 27.8 Å². The van der Waals surface area contributed by atoms with Crippen molar-refractivity contribution in [1.29, 1.82) is 0 Å². The normalized spacial score (nSPS) is 17.8. The van der Waals surface area contributed by atoms with E-state index in [1.807, 2.05) is 24.3 Å². The second-order valence-corrected chi connectivity index (χ2v) is 10.4. The maximum atomic E-state index is 13.6. The number of phenols is 1. The third kappa shape index (κ3) is 3.80. The van der Waals surface area contributed by atoms with Crippen LogP contribution in [0.1, 0.15) is 35.6 Å². The molecule has 4 nitrogen and oxygen atoms in total. The van der Waals surface area contributed by atoms with Crippen molar-refractivity contribution in [1.82, 2.24) is 0 Å². The molecule has 4 aromatic rings. The van der Waals surface area contributed by atoms with Crippen LogP contribution in [0.4, 0.5) is 5.00 Å². The number of allylic oxidation sites excluding steroid dienone is 2. The standard InChI is InChI=1S/C31H27NO3S/c33-23-16-14-22(15-17-23)26-28(34)27(29(26)35)30-24(20-10-4-1-5-11-20)25(21-12-6-2-7-13-21)31(36-30)32-18-8-3-9-19-32/h1-2,4-7,10-17,27,33-34H,3,8-9,18-19H2. The zero-order valence-corrected chi connectivity index (χ0v) is 20.7. The molecule has 1 aromatic heterocycles. The van der Waals surface area contributed by atoms with E-state index in [1.165, 1.54) is 11.4 Å². The molecule has 2 N–H and O–H groups in total. The van der Waals surface area contributed by atoms with E-state index >= 15 is 0 Å². The fraction of sp³-hybridized carbons (Fsp3) is 0.194. The molecule has 1 atom stereocenters. The van der Waals surface area contributed by atoms with Crippen molar-refractivity contribution in [2.24, 2.45) is 0 Å². The maximum Gasteiger partial charge on any atom is 0.182 e. The molecule has 1 unspecified atom stereocenters. The van der Waals surface area contributed by atoms with Crippen LogP contribution in [0, 0.1) is 0 Å². The van der Waals surface area contributed by atoms with E-state index in [2.05, 4.69) is 41.3 Å². The van der Waals surface area contributed by atoms with Gasteiger partial charge >= 0.3 is 0 Å². The number of anilines is 1. The number of carbonyl (C=O) groups is 1. The first kappa shape index (κ1) is 22.6. The van der Waals surface area contributed by atoms with Gasteiger partial charge in [0.2, 0.25) is 0 Å². The van der Waals surface area contributed by atoms with Crippen LogP contribution in [0.15, 0.2) is 90.7 Å². The first-order chi connectivity index (χ1) is 17.6. The number of phenolic OH excluding ortho intramolecular Hbond substituents is 1. The molecule has 1 saturated heterocycles. The molecule has 0 radical (unpaired) electrons. The zero-order chi connectivity index (χ0) is 24.6. The van der Waals surface area contributed by atoms with Gasteiger partial charge in [-0.15, -0.1) is 11.3 Å². The Hall–Kier alpha value is -3.83. The zero-order valence-electron chi connectivity index (χ0n) is 19.9. The third-order valence-electron chi connectivity index (χ3n) is 7.14. The molecule has 0 amide bonds. The number of thiophene rings is 1. The minimum absolute atomic E-state index is 0.0820. The maximum absolute atomic E-state index is 13.6. The number of aromatic hydroxyl groups is 1. The van der Waals surface area contributed by atoms with Crippen molar-refractivity contribution in [2.75, 3.05) is 18.0 Å². The van der Waals surface area contributed by atoms with Gasteiger partial charge in [-0.1, -0.05) is 72.8 Å². The molecule has 0 spiro atoms. The fourth-order valence-corrected chi connectivity index (χ4v) is 6.85. The van der Waals surface area contributed by atoms with Crippen molar-refractivity contribution in [3.63, 3.8) is 0 Å². The van der Waals surface area contributed by atoms with Crippen LogP contribution in [-0.4, -0.2) is 29.1 Å². The first-order valence-electron chi connectivity index (χ1n) is 12.4. The van der Waals surface area contributed by atoms with Crippen molar-refractivity contribution in [3.8, 4) is 28.0 Å². The Morgan fingerprint density at radius 1 is 0.694 bits per heavy atom. The molecule has 1 aliphatic carbocycles. The number of hydrogen-bond acceptors (Lipinski definition) is 5. The molecule has 36 heavy (non-hydrogen) atoms. The highest BCUT2D eigenvalue weighted by Gasteiger charge is 2.44. The van der Waals surface area contributed by atoms with Gasteiger partial charge in [0.05, 0.1) is 10.6 Å². The molecule has 1 fully saturated rings. The lowest BCUT2D eigenvalue weighted by molar-refractivity contribution is -0.116. The number of Topliss-reactive ketones (excluding diaryl/α,β-unsaturated/α-hetero) is 1. The Bertz CT molecular complexity index is 1430. The number of aliphatic hydroxyl groups is 1. The van der Waals surface area contributed by atoms with Gasteiger partial charge < -0.3 is 15.1 Å². The molecule has 180 valence electrons. The summed E-state index contributed by atoms with van der Waals surface area (Å²) in [7, 11) is 0. The predicted molar refractivity (Wildman–Crippen MR) is 147 cm³/mol. The second-order valence-electron chi connectivity index (χ2n) is 9.41. The molecule has 3 aromatic carbocycles. The first-order valence-corrected chi connectivity index (χ1v) is 13.2. The van der Waals surface area contributed by atoms with Gasteiger partial charge in [0, 0.05) is 29.1 Å². The number of piperidine rings is 1. The Balaban J connectivity index is 1.57. The molecule has 0 saturated carbocycles. The van der Waals surface area contributed by atoms with Crippen molar-refractivity contribution in [2.45, 2.75) is 25.2 Å². The Morgan fingerprint density at radius 2 is 1.28 bits per heavy atom. The van der Waals surface area contributed by atoms with E-state index in [-0.39, 0.29) is 17.3 Å². The van der Waals surface area contributed by atoms with Crippen LogP contribution < -0.4 is 4.90 Å². The SMILES string of the molecule is O=C1C(c2ccc(O)cc2)=C(O)C1c1sc(N2CCCCC2)c(-c2ccccc2)c1-c1ccccc1. The highest BCUT2D eigenvalue weighted by molar-refractivity contribution is 7.17. The number of nitrogens with zero attached hydrogens (tertiary/aromatic N) is 1. The lowest BCUT2D eigenvalue weighted by atomic mass is 9.76. The van der Waals surface area contributed by atoms with Crippen LogP contribution >= 0.6 is 11.3 Å². The van der Waals surface area contributed by atoms with Gasteiger partial charge in [0.15, 0.2) is 5.78 Å². The molecular formula is C31H27NO3S. The van der Waals surface area contributed by atoms with Crippen molar-refractivity contribution in [3.05, 3.63) is 101 Å². The summed E-state index contributed by atoms with van der Waals surface area (Å²) in [5.41, 5.74) is 5.31. The quantitative estimate of drug-likeness (QED) is 0.304. The number of ketones is 1. The number of rotatable bonds is 5. The van der Waals surface area contributed by atoms with Gasteiger partial charge in [-0.05, 0) is 48.1 Å². The second kappa shape index (κ2) is 9.32. The summed E-state index contributed by atoms with van der Waals surface area (Å²) in [4.78, 5) is 16.9. The summed E-state index contributed by atoms with van der Waals surface area (Å²) in [6.45, 7) is 1.99. The smallest absolute Gasteiger partial charge is 0.182 e. The summed E-state index contributed by atoms with van der Waals surface area (Å²) in [5, 5.41) is 22.1. The summed E-state index contributed by atoms with van der Waals surface area (Å²) in [5.74, 6) is -0.532. The number of aliphatic hydroxyl groups excluding tert-OH is 1. The van der Waals surface area contributed by atoms with E-state index in [9.17, 15) is 15.0 Å². The molecule has 0 bridgehead atoms. The number of hydrogen-bond donors (Lipinski definition) is 2. The minimum atomic E-state index is -0.685. The van der Waals surface area contributed by atoms with Crippen molar-refractivity contribution < 1.29 is 15.0 Å². The number of benzene rings is 3. The van der Waals surface area contributed by atoms with Gasteiger partial charge in [0.25, 0.3) is 0 Å². The van der Waals surface area contributed by atoms with Crippen LogP contribution in [0.2, 0.25) is 0 Å². The summed E-state index contributed by atoms with van der Waals surface area (Å²) in [6.07, 6.45) is 3.54. The average molecular weight is 494 g/mol. The highest BCUT2D eigenvalue weighted by Crippen LogP contribution is 2.55. The van der Waals surface area contributed by atoms with E-state index in [1.54, 1.807) is 35.6 Å². The monoisotopic (exact) mass is 493 g/mol. The minimum Gasteiger partial charge on any atom is -0.510 e. The van der Waals surface area contributed by atoms with Crippen molar-refractivity contribution >= 4 is 27.7 Å². The molecule has 6 rings (SSSR count). The topological polar surface area (TPSA) is 60.8 Å². The molecular weight excluding hydrogens is 466 g/mol. The van der Waals surface area contributed by atoms with Gasteiger partial charge in [-0.25, -0.2) is 0 Å². The van der Waals surface area contributed by atoms with Crippen LogP contribution in [0.3, 0.4) is 0 Å². The summed E-state index contributed by atoms with van der Waals surface area (Å²) < 4.78 is 0. The van der Waals surface area contributed by atoms with E-state index in [0.29, 0.717) is 11.1 Å². The highest BCUT2D eigenvalue weighted by atomic mass is 32.1. The predicted octanol–water partition coefficient (Wildman–Crippen LogP) is 7.41. The van der Waals surface area contributed by atoms with Crippen LogP contribution in [-0.2, 0) is 4.79 Å². The van der Waals surface area contributed by atoms with Gasteiger partial charge in [-0.3, -0.25) is 4.79 Å². The third-order valence-corrected chi connectivity index (χ3v) is 8.46. The molecule has 2 aliphatic rings. The summed E-state index contributed by atoms with van der Waals surface area (Å²) >= 11 is 1.64. The lowest BCUT2D eigenvalue weighted by Gasteiger charge is -2.29. The Labute approximate surface area is 214 Å². The molecule has 2 heterocycles. The van der Waals surface area contributed by atoms with Crippen LogP contribution in [0.5, 0.6) is 5.75 Å². The van der Waals surface area contributed by atoms with E-state index < -0.39 is 5.92 Å². The van der Waals surface area contributed by atoms with E-state index in [4.69, 9.17) is 0 Å². The largest absolute Gasteiger partial charge is 0.510 e. The number of carbonyl (C=O) groups excluding carboxylic acids is 1. The Kier molecular flexibility index (Phi) is 5.86. The lowest BCUT2D eigenvalue weighted by Crippen LogP contribution is -2.29. The average Bonchev–Trinajstić information content (AvgIpc) is 3.31. The van der Waals surface area contributed by atoms with Gasteiger partial charge in [0.1, 0.15) is 17.4 Å². The Morgan fingerprint density at radius 3 is 1.86 bits per heavy atom. The van der Waals surface area contributed by atoms with Gasteiger partial charge in [-0.2, -0.15) is 0 Å².